The minimum atomic E-state index is -1.44. The van der Waals surface area contributed by atoms with Crippen molar-refractivity contribution in [2.45, 2.75) is 17.3 Å². The highest BCUT2D eigenvalue weighted by molar-refractivity contribution is 8.00. The van der Waals surface area contributed by atoms with Crippen molar-refractivity contribution in [3.05, 3.63) is 17.7 Å². The Labute approximate surface area is 86.6 Å². The summed E-state index contributed by atoms with van der Waals surface area (Å²) in [6, 6.07) is 3.56. The Morgan fingerprint density at radius 1 is 1.50 bits per heavy atom. The quantitative estimate of drug-likeness (QED) is 0.467. The fourth-order valence-electron chi connectivity index (χ4n) is 1.51. The number of fused-ring (bicyclic) bond motifs is 1. The average molecular weight is 210 g/mol. The van der Waals surface area contributed by atoms with Crippen molar-refractivity contribution in [2.75, 3.05) is 5.32 Å². The third-order valence-electron chi connectivity index (χ3n) is 2.21. The second kappa shape index (κ2) is 3.47. The van der Waals surface area contributed by atoms with Crippen molar-refractivity contribution >= 4 is 30.0 Å². The number of nitrogens with one attached hydrogen (secondary N) is 1. The third kappa shape index (κ3) is 1.50. The number of nitrogens with two attached hydrogens (primary N) is 1. The topological polar surface area (TPSA) is 78.5 Å². The van der Waals surface area contributed by atoms with Crippen LogP contribution in [-0.2, 0) is 0 Å². The number of aryl methyl sites for hydroxylation is 1. The summed E-state index contributed by atoms with van der Waals surface area (Å²) >= 11 is 1.41. The Bertz CT molecular complexity index is 373. The molecule has 1 heterocycles. The molecule has 0 saturated heterocycles. The van der Waals surface area contributed by atoms with Crippen LogP contribution in [0.1, 0.15) is 5.56 Å². The molecule has 0 radical (unpaired) electrons. The average Bonchev–Trinajstić information content (AvgIpc) is 2.47. The van der Waals surface area contributed by atoms with E-state index in [1.807, 2.05) is 13.0 Å². The number of anilines is 1. The molecule has 0 aliphatic carbocycles. The van der Waals surface area contributed by atoms with Crippen molar-refractivity contribution in [3.63, 3.8) is 0 Å². The van der Waals surface area contributed by atoms with Crippen LogP contribution in [0.2, 0.25) is 0 Å². The molecule has 1 aromatic rings. The Kier molecular flexibility index (Phi) is 2.44. The van der Waals surface area contributed by atoms with E-state index in [1.165, 1.54) is 11.8 Å². The van der Waals surface area contributed by atoms with Crippen LogP contribution in [0.5, 0.6) is 0 Å². The summed E-state index contributed by atoms with van der Waals surface area (Å²) in [4.78, 5) is 0.840. The van der Waals surface area contributed by atoms with Gasteiger partial charge in [-0.25, -0.2) is 0 Å². The first-order chi connectivity index (χ1) is 6.59. The van der Waals surface area contributed by atoms with E-state index in [1.54, 1.807) is 6.07 Å². The maximum Gasteiger partial charge on any atom is 0.489 e. The van der Waals surface area contributed by atoms with Gasteiger partial charge in [-0.05, 0) is 17.9 Å². The highest BCUT2D eigenvalue weighted by Crippen LogP contribution is 2.37. The normalized spacial score (nSPS) is 19.0. The molecule has 1 aromatic carbocycles. The summed E-state index contributed by atoms with van der Waals surface area (Å²) in [5, 5.41) is 21.4. The summed E-state index contributed by atoms with van der Waals surface area (Å²) in [7, 11) is -1.44. The van der Waals surface area contributed by atoms with E-state index in [0.29, 0.717) is 5.46 Å². The molecule has 5 N–H and O–H groups in total. The van der Waals surface area contributed by atoms with E-state index < -0.39 is 7.12 Å². The van der Waals surface area contributed by atoms with Crippen molar-refractivity contribution < 1.29 is 10.0 Å². The third-order valence-corrected chi connectivity index (χ3v) is 3.25. The number of hydrogen-bond acceptors (Lipinski definition) is 5. The van der Waals surface area contributed by atoms with Crippen LogP contribution in [0.25, 0.3) is 0 Å². The van der Waals surface area contributed by atoms with Crippen molar-refractivity contribution in [1.82, 2.24) is 0 Å². The van der Waals surface area contributed by atoms with E-state index in [-0.39, 0.29) is 5.50 Å². The monoisotopic (exact) mass is 210 g/mol. The lowest BCUT2D eigenvalue weighted by Crippen LogP contribution is -2.31. The van der Waals surface area contributed by atoms with Crippen LogP contribution in [0.15, 0.2) is 17.0 Å². The molecule has 1 atom stereocenters. The molecule has 0 aromatic heterocycles. The van der Waals surface area contributed by atoms with Crippen LogP contribution in [0, 0.1) is 6.92 Å². The van der Waals surface area contributed by atoms with Gasteiger partial charge in [0.1, 0.15) is 5.50 Å². The zero-order valence-electron chi connectivity index (χ0n) is 7.69. The van der Waals surface area contributed by atoms with Gasteiger partial charge < -0.3 is 21.1 Å². The van der Waals surface area contributed by atoms with Gasteiger partial charge in [-0.3, -0.25) is 0 Å². The van der Waals surface area contributed by atoms with Gasteiger partial charge in [0.05, 0.1) is 5.69 Å². The molecule has 14 heavy (non-hydrogen) atoms. The summed E-state index contributed by atoms with van der Waals surface area (Å²) in [6.45, 7) is 1.96. The molecule has 0 spiro atoms. The number of rotatable bonds is 1. The van der Waals surface area contributed by atoms with Crippen LogP contribution in [0.3, 0.4) is 0 Å². The minimum Gasteiger partial charge on any atom is -0.423 e. The first-order valence-corrected chi connectivity index (χ1v) is 5.16. The molecular formula is C8H11BN2O2S. The first-order valence-electron chi connectivity index (χ1n) is 4.28. The van der Waals surface area contributed by atoms with Crippen molar-refractivity contribution in [3.8, 4) is 0 Å². The van der Waals surface area contributed by atoms with E-state index >= 15 is 0 Å². The SMILES string of the molecule is Cc1ccc(B(O)O)c2c1NC(N)S2. The van der Waals surface area contributed by atoms with Gasteiger partial charge in [0.25, 0.3) is 0 Å². The predicted molar refractivity (Wildman–Crippen MR) is 58.5 cm³/mol. The Balaban J connectivity index is 2.53. The first kappa shape index (κ1) is 9.85. The molecule has 0 saturated carbocycles. The van der Waals surface area contributed by atoms with Crippen molar-refractivity contribution in [2.24, 2.45) is 5.73 Å². The van der Waals surface area contributed by atoms with Gasteiger partial charge in [-0.1, -0.05) is 23.9 Å². The predicted octanol–water partition coefficient (Wildman–Crippen LogP) is -0.565. The maximum atomic E-state index is 9.14. The van der Waals surface area contributed by atoms with Gasteiger partial charge in [0.15, 0.2) is 0 Å². The van der Waals surface area contributed by atoms with Gasteiger partial charge in [-0.2, -0.15) is 0 Å². The lowest BCUT2D eigenvalue weighted by Gasteiger charge is -2.08. The largest absolute Gasteiger partial charge is 0.489 e. The zero-order chi connectivity index (χ0) is 10.3. The van der Waals surface area contributed by atoms with E-state index in [9.17, 15) is 0 Å². The highest BCUT2D eigenvalue weighted by Gasteiger charge is 2.27. The second-order valence-electron chi connectivity index (χ2n) is 3.23. The molecule has 0 amide bonds. The van der Waals surface area contributed by atoms with E-state index in [2.05, 4.69) is 5.32 Å². The van der Waals surface area contributed by atoms with Crippen LogP contribution in [0.4, 0.5) is 5.69 Å². The molecule has 6 heteroatoms. The molecule has 2 rings (SSSR count). The second-order valence-corrected chi connectivity index (χ2v) is 4.38. The van der Waals surface area contributed by atoms with Crippen molar-refractivity contribution in [1.29, 1.82) is 0 Å². The molecule has 74 valence electrons. The summed E-state index contributed by atoms with van der Waals surface area (Å²) < 4.78 is 0. The molecule has 1 aliphatic rings. The minimum absolute atomic E-state index is 0.205. The van der Waals surface area contributed by atoms with E-state index in [4.69, 9.17) is 15.8 Å². The lowest BCUT2D eigenvalue weighted by atomic mass is 9.79. The van der Waals surface area contributed by atoms with Gasteiger partial charge in [0.2, 0.25) is 0 Å². The van der Waals surface area contributed by atoms with E-state index in [0.717, 1.165) is 16.1 Å². The number of thioether (sulfide) groups is 1. The summed E-state index contributed by atoms with van der Waals surface area (Å²) in [5.74, 6) is 0. The number of hydrogen-bond donors (Lipinski definition) is 4. The van der Waals surface area contributed by atoms with Gasteiger partial charge >= 0.3 is 7.12 Å². The summed E-state index contributed by atoms with van der Waals surface area (Å²) in [5.41, 5.74) is 7.99. The fraction of sp³-hybridized carbons (Fsp3) is 0.250. The molecule has 1 aliphatic heterocycles. The molecule has 0 fully saturated rings. The lowest BCUT2D eigenvalue weighted by molar-refractivity contribution is 0.425. The Hall–Kier alpha value is -0.685. The smallest absolute Gasteiger partial charge is 0.423 e. The standard InChI is InChI=1S/C8H11BN2O2S/c1-4-2-3-5(9(12)13)7-6(4)11-8(10)14-7/h2-3,8,11-13H,10H2,1H3. The number of benzene rings is 1. The summed E-state index contributed by atoms with van der Waals surface area (Å²) in [6.07, 6.45) is 0. The molecule has 1 unspecified atom stereocenters. The van der Waals surface area contributed by atoms with Gasteiger partial charge in [0, 0.05) is 4.90 Å². The molecule has 4 nitrogen and oxygen atoms in total. The van der Waals surface area contributed by atoms with Gasteiger partial charge in [-0.15, -0.1) is 0 Å². The molecular weight excluding hydrogens is 199 g/mol. The highest BCUT2D eigenvalue weighted by atomic mass is 32.2. The molecule has 0 bridgehead atoms. The zero-order valence-corrected chi connectivity index (χ0v) is 8.51. The fourth-order valence-corrected chi connectivity index (χ4v) is 2.58. The van der Waals surface area contributed by atoms with Crippen LogP contribution >= 0.6 is 11.8 Å². The maximum absolute atomic E-state index is 9.14. The Morgan fingerprint density at radius 3 is 2.86 bits per heavy atom. The van der Waals surface area contributed by atoms with Crippen LogP contribution < -0.4 is 16.5 Å². The van der Waals surface area contributed by atoms with Crippen LogP contribution in [-0.4, -0.2) is 22.7 Å². The Morgan fingerprint density at radius 2 is 2.21 bits per heavy atom.